The van der Waals surface area contributed by atoms with Gasteiger partial charge in [0.05, 0.1) is 17.7 Å². The van der Waals surface area contributed by atoms with Crippen molar-refractivity contribution in [1.82, 2.24) is 0 Å². The first-order valence-electron chi connectivity index (χ1n) is 8.10. The molecule has 0 saturated heterocycles. The Morgan fingerprint density at radius 1 is 1.04 bits per heavy atom. The first-order chi connectivity index (χ1) is 11.0. The minimum atomic E-state index is -1.16. The van der Waals surface area contributed by atoms with Crippen molar-refractivity contribution >= 4 is 11.9 Å². The number of carboxylic acids is 1. The van der Waals surface area contributed by atoms with E-state index in [1.807, 2.05) is 0 Å². The number of aryl methyl sites for hydroxylation is 1. The number of carboxylic acid groups (broad SMARTS) is 1. The van der Waals surface area contributed by atoms with Gasteiger partial charge in [-0.25, -0.2) is 9.59 Å². The number of hydrogen-bond acceptors (Lipinski definition) is 4. The third-order valence-electron chi connectivity index (χ3n) is 3.99. The van der Waals surface area contributed by atoms with Crippen LogP contribution in [0, 0.1) is 13.8 Å². The molecule has 0 unspecified atom stereocenters. The summed E-state index contributed by atoms with van der Waals surface area (Å²) in [5.41, 5.74) is 1.29. The summed E-state index contributed by atoms with van der Waals surface area (Å²) in [7, 11) is 0. The second-order valence-electron chi connectivity index (χ2n) is 5.72. The van der Waals surface area contributed by atoms with E-state index in [-0.39, 0.29) is 24.3 Å². The van der Waals surface area contributed by atoms with Crippen LogP contribution in [-0.4, -0.2) is 35.4 Å². The molecule has 0 bridgehead atoms. The van der Waals surface area contributed by atoms with Crippen molar-refractivity contribution in [1.29, 1.82) is 0 Å². The Morgan fingerprint density at radius 2 is 1.57 bits per heavy atom. The molecule has 2 rings (SSSR count). The zero-order chi connectivity index (χ0) is 17.2. The van der Waals surface area contributed by atoms with E-state index in [1.54, 1.807) is 19.9 Å². The predicted molar refractivity (Wildman–Crippen MR) is 87.9 cm³/mol. The van der Waals surface area contributed by atoms with E-state index < -0.39 is 11.9 Å². The van der Waals surface area contributed by atoms with Gasteiger partial charge >= 0.3 is 11.9 Å². The van der Waals surface area contributed by atoms with Crippen LogP contribution >= 0.6 is 0 Å². The lowest BCUT2D eigenvalue weighted by molar-refractivity contribution is 0.0426. The largest absolute Gasteiger partial charge is 0.478 e. The maximum Gasteiger partial charge on any atom is 0.339 e. The normalized spacial score (nSPS) is 13.7. The van der Waals surface area contributed by atoms with Crippen LogP contribution in [0.15, 0.2) is 12.1 Å². The minimum Gasteiger partial charge on any atom is -0.478 e. The molecule has 0 spiro atoms. The average molecular weight is 322 g/mol. The molecule has 23 heavy (non-hydrogen) atoms. The molecule has 1 aromatic carbocycles. The highest BCUT2D eigenvalue weighted by atomic mass is 16.5. The maximum absolute atomic E-state index is 11.6. The number of carbonyl (C=O) groups excluding carboxylic acids is 1. The van der Waals surface area contributed by atoms with Crippen LogP contribution in [0.4, 0.5) is 0 Å². The summed E-state index contributed by atoms with van der Waals surface area (Å²) in [6.07, 6.45) is 9.00. The summed E-state index contributed by atoms with van der Waals surface area (Å²) < 4.78 is 4.71. The molecule has 1 aromatic rings. The lowest BCUT2D eigenvalue weighted by atomic mass is 9.98. The lowest BCUT2D eigenvalue weighted by Crippen LogP contribution is -2.15. The number of carbonyl (C=O) groups is 2. The van der Waals surface area contributed by atoms with Crippen LogP contribution in [-0.2, 0) is 4.74 Å². The quantitative estimate of drug-likeness (QED) is 0.829. The van der Waals surface area contributed by atoms with Crippen LogP contribution in [0.1, 0.15) is 70.4 Å². The number of aliphatic hydroxyl groups is 1. The van der Waals surface area contributed by atoms with Crippen LogP contribution in [0.5, 0.6) is 0 Å². The van der Waals surface area contributed by atoms with Gasteiger partial charge in [-0.3, -0.25) is 0 Å². The molecule has 2 N–H and O–H groups in total. The van der Waals surface area contributed by atoms with Crippen molar-refractivity contribution < 1.29 is 24.5 Å². The van der Waals surface area contributed by atoms with Gasteiger partial charge in [-0.05, 0) is 31.0 Å². The second-order valence-corrected chi connectivity index (χ2v) is 5.72. The topological polar surface area (TPSA) is 83.8 Å². The molecule has 0 atom stereocenters. The van der Waals surface area contributed by atoms with Gasteiger partial charge in [0.15, 0.2) is 0 Å². The Hall–Kier alpha value is -1.88. The van der Waals surface area contributed by atoms with Crippen LogP contribution in [0.3, 0.4) is 0 Å². The molecule has 1 aliphatic carbocycles. The number of aromatic carboxylic acids is 1. The summed E-state index contributed by atoms with van der Waals surface area (Å²) >= 11 is 0. The van der Waals surface area contributed by atoms with Crippen LogP contribution in [0.25, 0.3) is 0 Å². The van der Waals surface area contributed by atoms with E-state index in [0.717, 1.165) is 5.56 Å². The first kappa shape index (κ1) is 19.2. The van der Waals surface area contributed by atoms with Crippen molar-refractivity contribution in [3.05, 3.63) is 34.4 Å². The van der Waals surface area contributed by atoms with Gasteiger partial charge in [-0.2, -0.15) is 0 Å². The van der Waals surface area contributed by atoms with E-state index in [0.29, 0.717) is 5.56 Å². The molecule has 1 saturated carbocycles. The molecular formula is C18H26O5. The Balaban J connectivity index is 0.000000366. The number of benzene rings is 1. The maximum atomic E-state index is 11.6. The predicted octanol–water partition coefficient (Wildman–Crippen LogP) is 3.49. The second kappa shape index (κ2) is 10.0. The number of esters is 1. The molecule has 1 aliphatic rings. The zero-order valence-corrected chi connectivity index (χ0v) is 13.9. The lowest BCUT2D eigenvalue weighted by Gasteiger charge is -2.10. The third kappa shape index (κ3) is 6.02. The Labute approximate surface area is 137 Å². The molecule has 1 fully saturated rings. The Morgan fingerprint density at radius 3 is 2.00 bits per heavy atom. The van der Waals surface area contributed by atoms with Crippen LogP contribution in [0.2, 0.25) is 0 Å². The summed E-state index contributed by atoms with van der Waals surface area (Å²) in [4.78, 5) is 22.7. The highest BCUT2D eigenvalue weighted by Crippen LogP contribution is 2.19. The number of aliphatic hydroxyl groups excluding tert-OH is 1. The first-order valence-corrected chi connectivity index (χ1v) is 8.10. The minimum absolute atomic E-state index is 0.00838. The van der Waals surface area contributed by atoms with E-state index >= 15 is 0 Å². The summed E-state index contributed by atoms with van der Waals surface area (Å²) in [5, 5.41) is 17.6. The van der Waals surface area contributed by atoms with Gasteiger partial charge < -0.3 is 14.9 Å². The molecule has 0 heterocycles. The monoisotopic (exact) mass is 322 g/mol. The molecule has 0 aromatic heterocycles. The number of ether oxygens (including phenoxy) is 1. The number of rotatable bonds is 4. The third-order valence-corrected chi connectivity index (χ3v) is 3.99. The van der Waals surface area contributed by atoms with Gasteiger partial charge in [0.1, 0.15) is 6.61 Å². The van der Waals surface area contributed by atoms with E-state index in [4.69, 9.17) is 14.9 Å². The van der Waals surface area contributed by atoms with Crippen molar-refractivity contribution in [2.45, 2.75) is 52.4 Å². The molecule has 5 nitrogen and oxygen atoms in total. The Bertz CT molecular complexity index is 521. The van der Waals surface area contributed by atoms with Gasteiger partial charge in [0, 0.05) is 0 Å². The molecule has 128 valence electrons. The SMILES string of the molecule is C1CCCCC1.Cc1ccc(C(=O)OCCO)c(C(=O)O)c1C. The molecule has 0 aliphatic heterocycles. The zero-order valence-electron chi connectivity index (χ0n) is 13.9. The number of hydrogen-bond donors (Lipinski definition) is 2. The highest BCUT2D eigenvalue weighted by Gasteiger charge is 2.20. The van der Waals surface area contributed by atoms with Crippen molar-refractivity contribution in [2.24, 2.45) is 0 Å². The summed E-state index contributed by atoms with van der Waals surface area (Å²) in [6.45, 7) is 2.97. The van der Waals surface area contributed by atoms with Crippen molar-refractivity contribution in [3.8, 4) is 0 Å². The van der Waals surface area contributed by atoms with E-state index in [2.05, 4.69) is 0 Å². The fourth-order valence-electron chi connectivity index (χ4n) is 2.54. The Kier molecular flexibility index (Phi) is 8.33. The van der Waals surface area contributed by atoms with E-state index in [1.165, 1.54) is 44.6 Å². The van der Waals surface area contributed by atoms with E-state index in [9.17, 15) is 9.59 Å². The van der Waals surface area contributed by atoms with Gasteiger partial charge in [0.2, 0.25) is 0 Å². The summed E-state index contributed by atoms with van der Waals surface area (Å²) in [5.74, 6) is -1.90. The average Bonchev–Trinajstić information content (AvgIpc) is 2.56. The fourth-order valence-corrected chi connectivity index (χ4v) is 2.54. The molecule has 0 radical (unpaired) electrons. The van der Waals surface area contributed by atoms with Crippen LogP contribution < -0.4 is 0 Å². The smallest absolute Gasteiger partial charge is 0.339 e. The van der Waals surface area contributed by atoms with Crippen molar-refractivity contribution in [2.75, 3.05) is 13.2 Å². The van der Waals surface area contributed by atoms with Gasteiger partial charge in [0.25, 0.3) is 0 Å². The van der Waals surface area contributed by atoms with Crippen molar-refractivity contribution in [3.63, 3.8) is 0 Å². The van der Waals surface area contributed by atoms with Gasteiger partial charge in [-0.1, -0.05) is 44.6 Å². The fraction of sp³-hybridized carbons (Fsp3) is 0.556. The summed E-state index contributed by atoms with van der Waals surface area (Å²) in [6, 6.07) is 3.09. The van der Waals surface area contributed by atoms with Gasteiger partial charge in [-0.15, -0.1) is 0 Å². The standard InChI is InChI=1S/C12H14O5.C6H12/c1-7-3-4-9(12(16)17-6-5-13)10(8(7)2)11(14)15;1-2-4-6-5-3-1/h3-4,13H,5-6H2,1-2H3,(H,14,15);1-6H2. The molecule has 0 amide bonds. The molecule has 5 heteroatoms. The molecular weight excluding hydrogens is 296 g/mol. The highest BCUT2D eigenvalue weighted by molar-refractivity contribution is 6.03.